The van der Waals surface area contributed by atoms with Crippen LogP contribution in [0, 0.1) is 11.3 Å². The van der Waals surface area contributed by atoms with E-state index in [1.165, 1.54) is 12.7 Å². The number of hydrogen-bond donors (Lipinski definition) is 4. The first kappa shape index (κ1) is 22.2. The van der Waals surface area contributed by atoms with Crippen LogP contribution in [0.25, 0.3) is 0 Å². The molecule has 0 amide bonds. The standard InChI is InChI=1S/C23H27NO6/c1-3-13-4-6-14(7-5-13)8-15-9-16(10-18(29-2)17(15)11-24)23-22(28)21(27)20(26)19(12-25)30-23/h4-7,9-10,19-23,25-28H,3,8,12H2,1-2H3/t19?,20-,21+,22-,23+/m1/s1. The highest BCUT2D eigenvalue weighted by atomic mass is 16.5. The molecule has 1 unspecified atom stereocenters. The van der Waals surface area contributed by atoms with E-state index in [-0.39, 0.29) is 0 Å². The number of rotatable bonds is 6. The number of methoxy groups -OCH3 is 1. The fraction of sp³-hybridized carbons (Fsp3) is 0.435. The molecule has 0 saturated carbocycles. The summed E-state index contributed by atoms with van der Waals surface area (Å²) >= 11 is 0. The maximum atomic E-state index is 10.5. The zero-order chi connectivity index (χ0) is 21.8. The van der Waals surface area contributed by atoms with Gasteiger partial charge in [0.2, 0.25) is 0 Å². The first-order valence-corrected chi connectivity index (χ1v) is 9.92. The lowest BCUT2D eigenvalue weighted by atomic mass is 9.88. The number of ether oxygens (including phenoxy) is 2. The minimum Gasteiger partial charge on any atom is -0.495 e. The quantitative estimate of drug-likeness (QED) is 0.562. The van der Waals surface area contributed by atoms with Crippen molar-refractivity contribution in [2.24, 2.45) is 0 Å². The summed E-state index contributed by atoms with van der Waals surface area (Å²) in [5.41, 5.74) is 3.78. The third-order valence-corrected chi connectivity index (χ3v) is 5.58. The van der Waals surface area contributed by atoms with E-state index in [0.717, 1.165) is 12.0 Å². The van der Waals surface area contributed by atoms with Crippen LogP contribution in [-0.2, 0) is 17.6 Å². The van der Waals surface area contributed by atoms with Crippen LogP contribution < -0.4 is 4.74 Å². The highest BCUT2D eigenvalue weighted by Crippen LogP contribution is 2.36. The van der Waals surface area contributed by atoms with Gasteiger partial charge in [-0.25, -0.2) is 0 Å². The Morgan fingerprint density at radius 2 is 1.70 bits per heavy atom. The number of nitrogens with zero attached hydrogens (tertiary/aromatic N) is 1. The minimum absolute atomic E-state index is 0.326. The second-order valence-electron chi connectivity index (χ2n) is 7.47. The largest absolute Gasteiger partial charge is 0.495 e. The predicted octanol–water partition coefficient (Wildman–Crippen LogP) is 1.23. The molecule has 2 aromatic rings. The molecule has 0 aliphatic carbocycles. The lowest BCUT2D eigenvalue weighted by Crippen LogP contribution is -2.55. The molecule has 4 N–H and O–H groups in total. The number of benzene rings is 2. The van der Waals surface area contributed by atoms with Crippen LogP contribution >= 0.6 is 0 Å². The van der Waals surface area contributed by atoms with Crippen LogP contribution in [0.5, 0.6) is 5.75 Å². The van der Waals surface area contributed by atoms with Crippen LogP contribution in [0.2, 0.25) is 0 Å². The predicted molar refractivity (Wildman–Crippen MR) is 109 cm³/mol. The van der Waals surface area contributed by atoms with Gasteiger partial charge in [-0.15, -0.1) is 0 Å². The lowest BCUT2D eigenvalue weighted by molar-refractivity contribution is -0.231. The molecule has 2 aromatic carbocycles. The van der Waals surface area contributed by atoms with Gasteiger partial charge >= 0.3 is 0 Å². The third kappa shape index (κ3) is 4.33. The fourth-order valence-corrected chi connectivity index (χ4v) is 3.78. The minimum atomic E-state index is -1.48. The van der Waals surface area contributed by atoms with Crippen molar-refractivity contribution in [2.75, 3.05) is 13.7 Å². The molecule has 30 heavy (non-hydrogen) atoms. The average molecular weight is 413 g/mol. The van der Waals surface area contributed by atoms with Gasteiger partial charge in [-0.3, -0.25) is 0 Å². The smallest absolute Gasteiger partial charge is 0.137 e. The number of aliphatic hydroxyl groups excluding tert-OH is 4. The first-order chi connectivity index (χ1) is 14.4. The SMILES string of the molecule is CCc1ccc(Cc2cc([C@@H]3OC(CO)[C@@H](O)[C@H](O)[C@H]3O)cc(OC)c2C#N)cc1. The molecule has 1 fully saturated rings. The molecular weight excluding hydrogens is 386 g/mol. The first-order valence-electron chi connectivity index (χ1n) is 9.92. The zero-order valence-electron chi connectivity index (χ0n) is 17.0. The van der Waals surface area contributed by atoms with E-state index < -0.39 is 37.1 Å². The van der Waals surface area contributed by atoms with E-state index in [1.807, 2.05) is 24.3 Å². The van der Waals surface area contributed by atoms with Gasteiger partial charge in [0.1, 0.15) is 42.3 Å². The second kappa shape index (κ2) is 9.56. The second-order valence-corrected chi connectivity index (χ2v) is 7.47. The van der Waals surface area contributed by atoms with Gasteiger partial charge in [-0.05, 0) is 41.2 Å². The molecule has 5 atom stereocenters. The Balaban J connectivity index is 2.01. The molecule has 1 aliphatic rings. The highest BCUT2D eigenvalue weighted by Gasteiger charge is 2.44. The molecule has 7 nitrogen and oxygen atoms in total. The van der Waals surface area contributed by atoms with Crippen LogP contribution in [0.1, 0.15) is 40.8 Å². The maximum Gasteiger partial charge on any atom is 0.137 e. The van der Waals surface area contributed by atoms with Crippen molar-refractivity contribution in [3.05, 3.63) is 64.2 Å². The van der Waals surface area contributed by atoms with Crippen molar-refractivity contribution in [3.8, 4) is 11.8 Å². The van der Waals surface area contributed by atoms with Crippen LogP contribution in [0.4, 0.5) is 0 Å². The van der Waals surface area contributed by atoms with E-state index in [1.54, 1.807) is 12.1 Å². The van der Waals surface area contributed by atoms with E-state index >= 15 is 0 Å². The normalized spacial score (nSPS) is 26.2. The van der Waals surface area contributed by atoms with Gasteiger partial charge in [0, 0.05) is 0 Å². The Morgan fingerprint density at radius 1 is 1.03 bits per heavy atom. The number of aryl methyl sites for hydroxylation is 1. The van der Waals surface area contributed by atoms with Gasteiger partial charge in [0.25, 0.3) is 0 Å². The van der Waals surface area contributed by atoms with Crippen LogP contribution in [0.15, 0.2) is 36.4 Å². The molecule has 1 saturated heterocycles. The summed E-state index contributed by atoms with van der Waals surface area (Å²) in [5.74, 6) is 0.326. The Bertz CT molecular complexity index is 905. The maximum absolute atomic E-state index is 10.5. The van der Waals surface area contributed by atoms with Gasteiger partial charge in [0.05, 0.1) is 19.3 Å². The molecule has 0 radical (unpaired) electrons. The van der Waals surface area contributed by atoms with Crippen molar-refractivity contribution in [1.82, 2.24) is 0 Å². The molecular formula is C23H27NO6. The van der Waals surface area contributed by atoms with Crippen LogP contribution in [0.3, 0.4) is 0 Å². The zero-order valence-corrected chi connectivity index (χ0v) is 17.0. The van der Waals surface area contributed by atoms with Crippen molar-refractivity contribution >= 4 is 0 Å². The van der Waals surface area contributed by atoms with Crippen LogP contribution in [-0.4, -0.2) is 58.6 Å². The van der Waals surface area contributed by atoms with Crippen molar-refractivity contribution < 1.29 is 29.9 Å². The van der Waals surface area contributed by atoms with Crippen molar-refractivity contribution in [2.45, 2.75) is 50.3 Å². The van der Waals surface area contributed by atoms with E-state index in [4.69, 9.17) is 9.47 Å². The molecule has 7 heteroatoms. The molecule has 1 aliphatic heterocycles. The van der Waals surface area contributed by atoms with Crippen molar-refractivity contribution in [1.29, 1.82) is 5.26 Å². The average Bonchev–Trinajstić information content (AvgIpc) is 2.77. The fourth-order valence-electron chi connectivity index (χ4n) is 3.78. The molecule has 1 heterocycles. The molecule has 0 aromatic heterocycles. The Labute approximate surface area is 175 Å². The number of nitriles is 1. The summed E-state index contributed by atoms with van der Waals surface area (Å²) in [7, 11) is 1.45. The molecule has 0 bridgehead atoms. The summed E-state index contributed by atoms with van der Waals surface area (Å²) in [5, 5.41) is 49.8. The Morgan fingerprint density at radius 3 is 2.27 bits per heavy atom. The highest BCUT2D eigenvalue weighted by molar-refractivity contribution is 5.53. The summed E-state index contributed by atoms with van der Waals surface area (Å²) < 4.78 is 11.1. The summed E-state index contributed by atoms with van der Waals surface area (Å²) in [4.78, 5) is 0. The van der Waals surface area contributed by atoms with E-state index in [0.29, 0.717) is 28.9 Å². The molecule has 0 spiro atoms. The summed E-state index contributed by atoms with van der Waals surface area (Å²) in [6, 6.07) is 13.6. The van der Waals surface area contributed by atoms with Gasteiger partial charge in [-0.1, -0.05) is 37.3 Å². The van der Waals surface area contributed by atoms with Gasteiger partial charge < -0.3 is 29.9 Å². The molecule has 3 rings (SSSR count). The third-order valence-electron chi connectivity index (χ3n) is 5.58. The van der Waals surface area contributed by atoms with Gasteiger partial charge in [0.15, 0.2) is 0 Å². The number of aliphatic hydroxyl groups is 4. The summed E-state index contributed by atoms with van der Waals surface area (Å²) in [6.07, 6.45) is -4.93. The monoisotopic (exact) mass is 413 g/mol. The van der Waals surface area contributed by atoms with E-state index in [9.17, 15) is 25.7 Å². The van der Waals surface area contributed by atoms with E-state index in [2.05, 4.69) is 13.0 Å². The van der Waals surface area contributed by atoms with Gasteiger partial charge in [-0.2, -0.15) is 5.26 Å². The lowest BCUT2D eigenvalue weighted by Gasteiger charge is -2.40. The van der Waals surface area contributed by atoms with Crippen molar-refractivity contribution in [3.63, 3.8) is 0 Å². The molecule has 160 valence electrons. The topological polar surface area (TPSA) is 123 Å². The summed E-state index contributed by atoms with van der Waals surface area (Å²) in [6.45, 7) is 1.57. The Kier molecular flexibility index (Phi) is 7.08. The Hall–Kier alpha value is -2.47. The number of hydrogen-bond acceptors (Lipinski definition) is 7.